The lowest BCUT2D eigenvalue weighted by Crippen LogP contribution is -2.36. The Morgan fingerprint density at radius 1 is 1.32 bits per heavy atom. The van der Waals surface area contributed by atoms with E-state index in [0.717, 1.165) is 31.9 Å². The van der Waals surface area contributed by atoms with Crippen LogP contribution in [0.5, 0.6) is 5.75 Å². The molecule has 2 N–H and O–H groups in total. The first kappa shape index (κ1) is 16.0. The molecule has 0 aromatic heterocycles. The average molecular weight is 264 g/mol. The monoisotopic (exact) mass is 264 g/mol. The number of nitrogens with two attached hydrogens (primary N) is 1. The van der Waals surface area contributed by atoms with Gasteiger partial charge < -0.3 is 15.4 Å². The molecular formula is C16H28N2O. The lowest BCUT2D eigenvalue weighted by Gasteiger charge is -2.29. The summed E-state index contributed by atoms with van der Waals surface area (Å²) >= 11 is 0. The SMILES string of the molecule is CCCOc1cccc(CN(C)CC(C)(C)CN)c1. The molecule has 0 heterocycles. The Kier molecular flexibility index (Phi) is 6.32. The summed E-state index contributed by atoms with van der Waals surface area (Å²) in [7, 11) is 2.14. The molecule has 0 aliphatic carbocycles. The summed E-state index contributed by atoms with van der Waals surface area (Å²) in [5.41, 5.74) is 7.22. The Hall–Kier alpha value is -1.06. The number of hydrogen-bond acceptors (Lipinski definition) is 3. The van der Waals surface area contributed by atoms with Crippen molar-refractivity contribution in [3.63, 3.8) is 0 Å². The Morgan fingerprint density at radius 3 is 2.68 bits per heavy atom. The van der Waals surface area contributed by atoms with Gasteiger partial charge in [-0.15, -0.1) is 0 Å². The van der Waals surface area contributed by atoms with E-state index in [1.807, 2.05) is 6.07 Å². The molecule has 0 aliphatic heterocycles. The molecule has 3 nitrogen and oxygen atoms in total. The summed E-state index contributed by atoms with van der Waals surface area (Å²) in [6, 6.07) is 8.34. The molecule has 0 spiro atoms. The van der Waals surface area contributed by atoms with Crippen molar-refractivity contribution in [3.05, 3.63) is 29.8 Å². The van der Waals surface area contributed by atoms with Crippen molar-refractivity contribution in [3.8, 4) is 5.75 Å². The zero-order valence-electron chi connectivity index (χ0n) is 12.8. The summed E-state index contributed by atoms with van der Waals surface area (Å²) in [5, 5.41) is 0. The van der Waals surface area contributed by atoms with Gasteiger partial charge in [0.1, 0.15) is 5.75 Å². The van der Waals surface area contributed by atoms with Gasteiger partial charge in [0.15, 0.2) is 0 Å². The minimum atomic E-state index is 0.158. The van der Waals surface area contributed by atoms with Crippen LogP contribution in [-0.2, 0) is 6.54 Å². The third-order valence-electron chi connectivity index (χ3n) is 3.07. The maximum Gasteiger partial charge on any atom is 0.119 e. The minimum Gasteiger partial charge on any atom is -0.494 e. The number of nitrogens with zero attached hydrogens (tertiary/aromatic N) is 1. The smallest absolute Gasteiger partial charge is 0.119 e. The maximum atomic E-state index is 5.78. The third kappa shape index (κ3) is 6.08. The molecule has 0 radical (unpaired) electrons. The van der Waals surface area contributed by atoms with Crippen LogP contribution in [-0.4, -0.2) is 31.6 Å². The van der Waals surface area contributed by atoms with Crippen molar-refractivity contribution in [2.24, 2.45) is 11.1 Å². The van der Waals surface area contributed by atoms with E-state index in [2.05, 4.69) is 50.9 Å². The lowest BCUT2D eigenvalue weighted by molar-refractivity contribution is 0.209. The number of rotatable bonds is 8. The van der Waals surface area contributed by atoms with E-state index < -0.39 is 0 Å². The zero-order valence-corrected chi connectivity index (χ0v) is 12.8. The van der Waals surface area contributed by atoms with Crippen molar-refractivity contribution < 1.29 is 4.74 Å². The second-order valence-corrected chi connectivity index (χ2v) is 6.04. The Balaban J connectivity index is 2.56. The van der Waals surface area contributed by atoms with Crippen LogP contribution in [0.3, 0.4) is 0 Å². The van der Waals surface area contributed by atoms with Crippen LogP contribution in [0.15, 0.2) is 24.3 Å². The quantitative estimate of drug-likeness (QED) is 0.784. The van der Waals surface area contributed by atoms with E-state index in [0.29, 0.717) is 6.54 Å². The highest BCUT2D eigenvalue weighted by Crippen LogP contribution is 2.18. The fourth-order valence-corrected chi connectivity index (χ4v) is 2.12. The predicted molar refractivity (Wildman–Crippen MR) is 81.4 cm³/mol. The first-order chi connectivity index (χ1) is 8.96. The number of ether oxygens (including phenoxy) is 1. The fourth-order valence-electron chi connectivity index (χ4n) is 2.12. The molecule has 0 atom stereocenters. The van der Waals surface area contributed by atoms with Crippen LogP contribution in [0.4, 0.5) is 0 Å². The maximum absolute atomic E-state index is 5.78. The first-order valence-electron chi connectivity index (χ1n) is 7.07. The van der Waals surface area contributed by atoms with Crippen molar-refractivity contribution in [2.45, 2.75) is 33.7 Å². The Bertz CT molecular complexity index is 377. The lowest BCUT2D eigenvalue weighted by atomic mass is 9.93. The molecule has 0 saturated heterocycles. The second-order valence-electron chi connectivity index (χ2n) is 6.04. The van der Waals surface area contributed by atoms with Gasteiger partial charge in [-0.25, -0.2) is 0 Å². The van der Waals surface area contributed by atoms with E-state index in [-0.39, 0.29) is 5.41 Å². The van der Waals surface area contributed by atoms with Crippen LogP contribution < -0.4 is 10.5 Å². The molecule has 0 bridgehead atoms. The number of hydrogen-bond donors (Lipinski definition) is 1. The van der Waals surface area contributed by atoms with Gasteiger partial charge in [0.05, 0.1) is 6.61 Å². The molecule has 0 fully saturated rings. The largest absolute Gasteiger partial charge is 0.494 e. The van der Waals surface area contributed by atoms with Gasteiger partial charge in [-0.2, -0.15) is 0 Å². The normalized spacial score (nSPS) is 11.9. The van der Waals surface area contributed by atoms with Gasteiger partial charge in [-0.05, 0) is 43.1 Å². The summed E-state index contributed by atoms with van der Waals surface area (Å²) in [6.45, 7) is 9.91. The van der Waals surface area contributed by atoms with Crippen LogP contribution in [0.2, 0.25) is 0 Å². The second kappa shape index (κ2) is 7.51. The topological polar surface area (TPSA) is 38.5 Å². The fraction of sp³-hybridized carbons (Fsp3) is 0.625. The molecular weight excluding hydrogens is 236 g/mol. The van der Waals surface area contributed by atoms with Gasteiger partial charge >= 0.3 is 0 Å². The molecule has 0 saturated carbocycles. The van der Waals surface area contributed by atoms with E-state index in [9.17, 15) is 0 Å². The number of benzene rings is 1. The molecule has 1 aromatic rings. The van der Waals surface area contributed by atoms with Crippen molar-refractivity contribution >= 4 is 0 Å². The highest BCUT2D eigenvalue weighted by molar-refractivity contribution is 5.28. The van der Waals surface area contributed by atoms with Crippen LogP contribution >= 0.6 is 0 Å². The molecule has 1 aromatic carbocycles. The molecule has 108 valence electrons. The Morgan fingerprint density at radius 2 is 2.05 bits per heavy atom. The first-order valence-corrected chi connectivity index (χ1v) is 7.07. The van der Waals surface area contributed by atoms with E-state index in [4.69, 9.17) is 10.5 Å². The van der Waals surface area contributed by atoms with Gasteiger partial charge in [-0.3, -0.25) is 0 Å². The minimum absolute atomic E-state index is 0.158. The predicted octanol–water partition coefficient (Wildman–Crippen LogP) is 2.89. The summed E-state index contributed by atoms with van der Waals surface area (Å²) in [4.78, 5) is 2.31. The molecule has 1 rings (SSSR count). The third-order valence-corrected chi connectivity index (χ3v) is 3.07. The summed E-state index contributed by atoms with van der Waals surface area (Å²) < 4.78 is 5.66. The molecule has 0 aliphatic rings. The molecule has 0 unspecified atom stereocenters. The molecule has 19 heavy (non-hydrogen) atoms. The van der Waals surface area contributed by atoms with E-state index >= 15 is 0 Å². The summed E-state index contributed by atoms with van der Waals surface area (Å²) in [5.74, 6) is 0.964. The molecule has 0 amide bonds. The van der Waals surface area contributed by atoms with Crippen molar-refractivity contribution in [2.75, 3.05) is 26.7 Å². The van der Waals surface area contributed by atoms with Crippen molar-refractivity contribution in [1.29, 1.82) is 0 Å². The standard InChI is InChI=1S/C16H28N2O/c1-5-9-19-15-8-6-7-14(10-15)11-18(4)13-16(2,3)12-17/h6-8,10H,5,9,11-13,17H2,1-4H3. The average Bonchev–Trinajstić information content (AvgIpc) is 2.36. The van der Waals surface area contributed by atoms with Gasteiger partial charge in [0.2, 0.25) is 0 Å². The summed E-state index contributed by atoms with van der Waals surface area (Å²) in [6.07, 6.45) is 1.04. The van der Waals surface area contributed by atoms with Crippen LogP contribution in [0.25, 0.3) is 0 Å². The van der Waals surface area contributed by atoms with Crippen LogP contribution in [0, 0.1) is 5.41 Å². The van der Waals surface area contributed by atoms with Crippen LogP contribution in [0.1, 0.15) is 32.8 Å². The van der Waals surface area contributed by atoms with Gasteiger partial charge in [0.25, 0.3) is 0 Å². The van der Waals surface area contributed by atoms with Gasteiger partial charge in [0, 0.05) is 13.1 Å². The van der Waals surface area contributed by atoms with E-state index in [1.54, 1.807) is 0 Å². The van der Waals surface area contributed by atoms with Gasteiger partial charge in [-0.1, -0.05) is 32.9 Å². The highest BCUT2D eigenvalue weighted by atomic mass is 16.5. The van der Waals surface area contributed by atoms with Crippen molar-refractivity contribution in [1.82, 2.24) is 4.90 Å². The zero-order chi connectivity index (χ0) is 14.3. The van der Waals surface area contributed by atoms with E-state index in [1.165, 1.54) is 5.56 Å². The Labute approximate surface area is 117 Å². The highest BCUT2D eigenvalue weighted by Gasteiger charge is 2.18. The molecule has 3 heteroatoms.